The Kier molecular flexibility index (Phi) is 7.76. The Morgan fingerprint density at radius 2 is 1.80 bits per heavy atom. The van der Waals surface area contributed by atoms with Crippen LogP contribution in [0.25, 0.3) is 0 Å². The minimum absolute atomic E-state index is 0.0289. The monoisotopic (exact) mass is 360 g/mol. The second-order valence-electron chi connectivity index (χ2n) is 6.09. The maximum atomic E-state index is 12.1. The normalized spacial score (nSPS) is 10.7. The van der Waals surface area contributed by atoms with Gasteiger partial charge in [-0.05, 0) is 56.6 Å². The third-order valence-electron chi connectivity index (χ3n) is 3.56. The van der Waals surface area contributed by atoms with Crippen LogP contribution in [0.2, 0.25) is 5.02 Å². The fraction of sp³-hybridized carbons (Fsp3) is 0.350. The lowest BCUT2D eigenvalue weighted by molar-refractivity contribution is -0.116. The molecule has 0 radical (unpaired) electrons. The molecule has 0 aliphatic rings. The van der Waals surface area contributed by atoms with Crippen molar-refractivity contribution < 1.29 is 9.53 Å². The van der Waals surface area contributed by atoms with Crippen LogP contribution in [0.1, 0.15) is 25.8 Å². The van der Waals surface area contributed by atoms with Crippen molar-refractivity contribution >= 4 is 23.2 Å². The molecule has 0 unspecified atom stereocenters. The maximum Gasteiger partial charge on any atom is 0.225 e. The van der Waals surface area contributed by atoms with Crippen LogP contribution in [0.5, 0.6) is 5.75 Å². The van der Waals surface area contributed by atoms with Crippen molar-refractivity contribution in [1.29, 1.82) is 0 Å². The van der Waals surface area contributed by atoms with E-state index in [0.717, 1.165) is 18.0 Å². The number of ether oxygens (including phenoxy) is 1. The molecule has 5 heteroatoms. The van der Waals surface area contributed by atoms with Crippen molar-refractivity contribution in [3.05, 3.63) is 59.1 Å². The summed E-state index contributed by atoms with van der Waals surface area (Å²) in [6.45, 7) is 5.38. The fourth-order valence-corrected chi connectivity index (χ4v) is 2.48. The Morgan fingerprint density at radius 3 is 2.52 bits per heavy atom. The van der Waals surface area contributed by atoms with Crippen LogP contribution >= 0.6 is 11.6 Å². The molecule has 1 amide bonds. The van der Waals surface area contributed by atoms with Gasteiger partial charge in [-0.1, -0.05) is 35.9 Å². The number of anilines is 1. The van der Waals surface area contributed by atoms with Crippen LogP contribution in [0.4, 0.5) is 5.69 Å². The maximum absolute atomic E-state index is 12.1. The van der Waals surface area contributed by atoms with Gasteiger partial charge in [0.1, 0.15) is 5.75 Å². The summed E-state index contributed by atoms with van der Waals surface area (Å²) in [5, 5.41) is 6.94. The van der Waals surface area contributed by atoms with Crippen LogP contribution in [0.15, 0.2) is 48.5 Å². The average molecular weight is 361 g/mol. The minimum Gasteiger partial charge on any atom is -0.489 e. The summed E-state index contributed by atoms with van der Waals surface area (Å²) < 4.78 is 5.71. The van der Waals surface area contributed by atoms with E-state index < -0.39 is 0 Å². The Hall–Kier alpha value is -2.04. The van der Waals surface area contributed by atoms with E-state index in [1.165, 1.54) is 5.56 Å². The van der Waals surface area contributed by atoms with Gasteiger partial charge in [-0.15, -0.1) is 0 Å². The first kappa shape index (κ1) is 19.3. The molecule has 2 N–H and O–H groups in total. The van der Waals surface area contributed by atoms with Gasteiger partial charge in [0.2, 0.25) is 5.91 Å². The Morgan fingerprint density at radius 1 is 1.08 bits per heavy atom. The van der Waals surface area contributed by atoms with E-state index in [1.807, 2.05) is 62.4 Å². The molecule has 4 nitrogen and oxygen atoms in total. The first-order chi connectivity index (χ1) is 12.0. The zero-order valence-electron chi connectivity index (χ0n) is 14.7. The molecule has 134 valence electrons. The number of hydrogen-bond acceptors (Lipinski definition) is 3. The molecule has 0 saturated heterocycles. The average Bonchev–Trinajstić information content (AvgIpc) is 2.57. The highest BCUT2D eigenvalue weighted by molar-refractivity contribution is 6.30. The summed E-state index contributed by atoms with van der Waals surface area (Å²) in [5.74, 6) is 0.667. The van der Waals surface area contributed by atoms with Gasteiger partial charge in [0.15, 0.2) is 0 Å². The fourth-order valence-electron chi connectivity index (χ4n) is 2.35. The lowest BCUT2D eigenvalue weighted by Gasteiger charge is -2.14. The highest BCUT2D eigenvalue weighted by atomic mass is 35.5. The van der Waals surface area contributed by atoms with Gasteiger partial charge in [0, 0.05) is 18.0 Å². The number of carbonyl (C=O) groups excluding carboxylic acids is 1. The molecule has 0 heterocycles. The summed E-state index contributed by atoms with van der Waals surface area (Å²) in [7, 11) is 0. The molecule has 0 atom stereocenters. The number of nitrogens with one attached hydrogen (secondary N) is 2. The molecule has 0 saturated carbocycles. The number of rotatable bonds is 9. The van der Waals surface area contributed by atoms with E-state index in [2.05, 4.69) is 10.6 Å². The second kappa shape index (κ2) is 10.1. The van der Waals surface area contributed by atoms with E-state index in [1.54, 1.807) is 0 Å². The van der Waals surface area contributed by atoms with Crippen LogP contribution in [-0.4, -0.2) is 25.1 Å². The van der Waals surface area contributed by atoms with Gasteiger partial charge in [-0.2, -0.15) is 0 Å². The molecule has 0 spiro atoms. The van der Waals surface area contributed by atoms with Crippen LogP contribution < -0.4 is 15.4 Å². The van der Waals surface area contributed by atoms with E-state index in [9.17, 15) is 4.79 Å². The molecule has 0 fully saturated rings. The molecular weight excluding hydrogens is 336 g/mol. The van der Waals surface area contributed by atoms with Crippen LogP contribution in [-0.2, 0) is 11.2 Å². The van der Waals surface area contributed by atoms with Gasteiger partial charge in [0.25, 0.3) is 0 Å². The quantitative estimate of drug-likeness (QED) is 0.656. The van der Waals surface area contributed by atoms with Gasteiger partial charge >= 0.3 is 0 Å². The van der Waals surface area contributed by atoms with Gasteiger partial charge in [-0.25, -0.2) is 0 Å². The van der Waals surface area contributed by atoms with Crippen molar-refractivity contribution in [2.45, 2.75) is 32.8 Å². The van der Waals surface area contributed by atoms with E-state index in [4.69, 9.17) is 16.3 Å². The molecule has 0 aliphatic carbocycles. The molecule has 0 aromatic heterocycles. The Labute approximate surface area is 154 Å². The number of carbonyl (C=O) groups is 1. The number of hydrogen-bond donors (Lipinski definition) is 2. The SMILES string of the molecule is CC(C)Oc1ccccc1NC(=O)CCNCCc1ccc(Cl)cc1. The van der Waals surface area contributed by atoms with Crippen LogP contribution in [0.3, 0.4) is 0 Å². The zero-order valence-corrected chi connectivity index (χ0v) is 15.5. The largest absolute Gasteiger partial charge is 0.489 e. The third-order valence-corrected chi connectivity index (χ3v) is 3.81. The Bertz CT molecular complexity index is 672. The standard InChI is InChI=1S/C20H25ClN2O2/c1-15(2)25-19-6-4-3-5-18(19)23-20(24)12-14-22-13-11-16-7-9-17(21)10-8-16/h3-10,15,22H,11-14H2,1-2H3,(H,23,24). The minimum atomic E-state index is -0.0289. The number of para-hydroxylation sites is 2. The molecule has 25 heavy (non-hydrogen) atoms. The second-order valence-corrected chi connectivity index (χ2v) is 6.52. The number of halogens is 1. The van der Waals surface area contributed by atoms with Gasteiger partial charge < -0.3 is 15.4 Å². The predicted octanol–water partition coefficient (Wildman–Crippen LogP) is 4.29. The topological polar surface area (TPSA) is 50.4 Å². The summed E-state index contributed by atoms with van der Waals surface area (Å²) in [6, 6.07) is 15.3. The lowest BCUT2D eigenvalue weighted by Crippen LogP contribution is -2.23. The smallest absolute Gasteiger partial charge is 0.225 e. The first-order valence-corrected chi connectivity index (χ1v) is 8.93. The highest BCUT2D eigenvalue weighted by Crippen LogP contribution is 2.24. The van der Waals surface area contributed by atoms with Gasteiger partial charge in [-0.3, -0.25) is 4.79 Å². The molecule has 0 aliphatic heterocycles. The Balaban J connectivity index is 1.70. The molecule has 2 aromatic carbocycles. The molecular formula is C20H25ClN2O2. The molecule has 2 aromatic rings. The van der Waals surface area contributed by atoms with Crippen molar-refractivity contribution in [2.75, 3.05) is 18.4 Å². The summed E-state index contributed by atoms with van der Waals surface area (Å²) in [5.41, 5.74) is 1.93. The molecule has 2 rings (SSSR count). The van der Waals surface area contributed by atoms with E-state index in [0.29, 0.717) is 24.4 Å². The third kappa shape index (κ3) is 7.16. The molecule has 0 bridgehead atoms. The van der Waals surface area contributed by atoms with E-state index in [-0.39, 0.29) is 12.0 Å². The predicted molar refractivity (Wildman–Crippen MR) is 103 cm³/mol. The zero-order chi connectivity index (χ0) is 18.1. The first-order valence-electron chi connectivity index (χ1n) is 8.55. The van der Waals surface area contributed by atoms with Crippen molar-refractivity contribution in [1.82, 2.24) is 5.32 Å². The summed E-state index contributed by atoms with van der Waals surface area (Å²) >= 11 is 5.87. The van der Waals surface area contributed by atoms with Crippen molar-refractivity contribution in [2.24, 2.45) is 0 Å². The number of benzene rings is 2. The van der Waals surface area contributed by atoms with Gasteiger partial charge in [0.05, 0.1) is 11.8 Å². The van der Waals surface area contributed by atoms with Crippen LogP contribution in [0, 0.1) is 0 Å². The lowest BCUT2D eigenvalue weighted by atomic mass is 10.1. The summed E-state index contributed by atoms with van der Waals surface area (Å²) in [4.78, 5) is 12.1. The highest BCUT2D eigenvalue weighted by Gasteiger charge is 2.08. The van der Waals surface area contributed by atoms with E-state index >= 15 is 0 Å². The number of amides is 1. The van der Waals surface area contributed by atoms with Crippen molar-refractivity contribution in [3.63, 3.8) is 0 Å². The van der Waals surface area contributed by atoms with Crippen molar-refractivity contribution in [3.8, 4) is 5.75 Å². The summed E-state index contributed by atoms with van der Waals surface area (Å²) in [6.07, 6.45) is 1.38.